The number of hydrogen-bond acceptors (Lipinski definition) is 4. The number of pyridine rings is 1. The molecule has 0 unspecified atom stereocenters. The van der Waals surface area contributed by atoms with E-state index in [1.165, 1.54) is 0 Å². The molecular weight excluding hydrogens is 378 g/mol. The summed E-state index contributed by atoms with van der Waals surface area (Å²) in [5.41, 5.74) is 2.96. The van der Waals surface area contributed by atoms with Gasteiger partial charge in [0.1, 0.15) is 18.8 Å². The van der Waals surface area contributed by atoms with Gasteiger partial charge in [0.25, 0.3) is 5.91 Å². The van der Waals surface area contributed by atoms with E-state index >= 15 is 0 Å². The molecule has 6 nitrogen and oxygen atoms in total. The van der Waals surface area contributed by atoms with Crippen molar-refractivity contribution >= 4 is 29.1 Å². The van der Waals surface area contributed by atoms with Gasteiger partial charge < -0.3 is 14.5 Å². The summed E-state index contributed by atoms with van der Waals surface area (Å²) in [4.78, 5) is 28.4. The molecule has 0 aliphatic heterocycles. The molecule has 0 atom stereocenters. The molecule has 1 aromatic carbocycles. The Kier molecular flexibility index (Phi) is 5.70. The molecule has 2 aromatic heterocycles. The fourth-order valence-electron chi connectivity index (χ4n) is 2.67. The Labute approximate surface area is 168 Å². The number of rotatable bonds is 5. The number of carbonyl (C=O) groups excluding carboxylic acids is 2. The minimum absolute atomic E-state index is 0.0159. The quantitative estimate of drug-likeness (QED) is 0.663. The summed E-state index contributed by atoms with van der Waals surface area (Å²) in [6.45, 7) is 6.13. The van der Waals surface area contributed by atoms with Crippen LogP contribution in [0.5, 0.6) is 0 Å². The third kappa shape index (κ3) is 4.89. The summed E-state index contributed by atoms with van der Waals surface area (Å²) >= 11 is 5.93. The van der Waals surface area contributed by atoms with Crippen molar-refractivity contribution in [2.45, 2.75) is 32.8 Å². The zero-order chi connectivity index (χ0) is 20.3. The fourth-order valence-corrected chi connectivity index (χ4v) is 2.84. The van der Waals surface area contributed by atoms with Crippen LogP contribution >= 0.6 is 11.6 Å². The van der Waals surface area contributed by atoms with Crippen molar-refractivity contribution in [1.82, 2.24) is 14.7 Å². The lowest BCUT2D eigenvalue weighted by Gasteiger charge is -2.19. The van der Waals surface area contributed by atoms with E-state index < -0.39 is 5.97 Å². The lowest BCUT2D eigenvalue weighted by atomic mass is 9.87. The predicted molar refractivity (Wildman–Crippen MR) is 107 cm³/mol. The van der Waals surface area contributed by atoms with Gasteiger partial charge in [-0.15, -0.1) is 0 Å². The standard InChI is InChI=1S/C21H22ClN3O3/c1-21(2,3)15-6-4-14(5-7-15)20(27)23-10-19(26)28-13-17-12-25-11-16(22)8-9-18(25)24-17/h4-9,11-12H,10,13H2,1-3H3,(H,23,27). The predicted octanol–water partition coefficient (Wildman–Crippen LogP) is 3.76. The van der Waals surface area contributed by atoms with Gasteiger partial charge in [0.2, 0.25) is 0 Å². The molecule has 0 saturated heterocycles. The van der Waals surface area contributed by atoms with E-state index in [2.05, 4.69) is 31.1 Å². The lowest BCUT2D eigenvalue weighted by Crippen LogP contribution is -2.30. The second-order valence-electron chi connectivity index (χ2n) is 7.52. The lowest BCUT2D eigenvalue weighted by molar-refractivity contribution is -0.143. The van der Waals surface area contributed by atoms with Gasteiger partial charge in [-0.3, -0.25) is 9.59 Å². The molecule has 2 heterocycles. The molecule has 146 valence electrons. The third-order valence-electron chi connectivity index (χ3n) is 4.25. The molecular formula is C21H22ClN3O3. The Bertz CT molecular complexity index is 1000. The molecule has 0 aliphatic rings. The summed E-state index contributed by atoms with van der Waals surface area (Å²) < 4.78 is 6.93. The highest BCUT2D eigenvalue weighted by atomic mass is 35.5. The second kappa shape index (κ2) is 8.02. The van der Waals surface area contributed by atoms with Crippen molar-refractivity contribution in [3.63, 3.8) is 0 Å². The number of halogens is 1. The normalized spacial score (nSPS) is 11.4. The monoisotopic (exact) mass is 399 g/mol. The van der Waals surface area contributed by atoms with Crippen LogP contribution in [0.15, 0.2) is 48.8 Å². The van der Waals surface area contributed by atoms with Crippen molar-refractivity contribution in [2.75, 3.05) is 6.54 Å². The number of imidazole rings is 1. The SMILES string of the molecule is CC(C)(C)c1ccc(C(=O)NCC(=O)OCc2cn3cc(Cl)ccc3n2)cc1. The summed E-state index contributed by atoms with van der Waals surface area (Å²) in [6, 6.07) is 10.9. The van der Waals surface area contributed by atoms with Gasteiger partial charge in [0.05, 0.1) is 10.7 Å². The average molecular weight is 400 g/mol. The van der Waals surface area contributed by atoms with Crippen LogP contribution in [0.25, 0.3) is 5.65 Å². The Balaban J connectivity index is 1.50. The Hall–Kier alpha value is -2.86. The van der Waals surface area contributed by atoms with E-state index in [0.29, 0.717) is 21.9 Å². The first-order valence-corrected chi connectivity index (χ1v) is 9.28. The molecule has 28 heavy (non-hydrogen) atoms. The molecule has 3 rings (SSSR count). The van der Waals surface area contributed by atoms with Gasteiger partial charge >= 0.3 is 5.97 Å². The van der Waals surface area contributed by atoms with Gasteiger partial charge in [-0.1, -0.05) is 44.5 Å². The molecule has 1 N–H and O–H groups in total. The molecule has 0 saturated carbocycles. The average Bonchev–Trinajstić information content (AvgIpc) is 3.05. The van der Waals surface area contributed by atoms with E-state index in [9.17, 15) is 9.59 Å². The first-order chi connectivity index (χ1) is 13.2. The summed E-state index contributed by atoms with van der Waals surface area (Å²) in [7, 11) is 0. The van der Waals surface area contributed by atoms with E-state index in [0.717, 1.165) is 5.56 Å². The highest BCUT2D eigenvalue weighted by molar-refractivity contribution is 6.30. The smallest absolute Gasteiger partial charge is 0.325 e. The Morgan fingerprint density at radius 3 is 2.50 bits per heavy atom. The van der Waals surface area contributed by atoms with E-state index in [1.54, 1.807) is 41.1 Å². The van der Waals surface area contributed by atoms with E-state index in [-0.39, 0.29) is 24.5 Å². The maximum atomic E-state index is 12.2. The maximum Gasteiger partial charge on any atom is 0.325 e. The zero-order valence-corrected chi connectivity index (χ0v) is 16.8. The Morgan fingerprint density at radius 1 is 1.11 bits per heavy atom. The third-order valence-corrected chi connectivity index (χ3v) is 4.48. The molecule has 0 aliphatic carbocycles. The fraction of sp³-hybridized carbons (Fsp3) is 0.286. The number of hydrogen-bond donors (Lipinski definition) is 1. The van der Waals surface area contributed by atoms with Crippen LogP contribution in [0, 0.1) is 0 Å². The Morgan fingerprint density at radius 2 is 1.82 bits per heavy atom. The number of nitrogens with zero attached hydrogens (tertiary/aromatic N) is 2. The molecule has 1 amide bonds. The second-order valence-corrected chi connectivity index (χ2v) is 7.95. The highest BCUT2D eigenvalue weighted by Gasteiger charge is 2.15. The molecule has 0 bridgehead atoms. The molecule has 0 radical (unpaired) electrons. The number of esters is 1. The van der Waals surface area contributed by atoms with Crippen molar-refractivity contribution in [3.05, 3.63) is 70.6 Å². The number of ether oxygens (including phenoxy) is 1. The van der Waals surface area contributed by atoms with E-state index in [4.69, 9.17) is 16.3 Å². The van der Waals surface area contributed by atoms with Crippen LogP contribution in [0.4, 0.5) is 0 Å². The topological polar surface area (TPSA) is 72.7 Å². The van der Waals surface area contributed by atoms with Gasteiger partial charge in [-0.2, -0.15) is 0 Å². The number of carbonyl (C=O) groups is 2. The number of nitrogens with one attached hydrogen (secondary N) is 1. The molecule has 3 aromatic rings. The van der Waals surface area contributed by atoms with Crippen LogP contribution in [0.3, 0.4) is 0 Å². The van der Waals surface area contributed by atoms with Crippen LogP contribution in [0.1, 0.15) is 42.4 Å². The van der Waals surface area contributed by atoms with Gasteiger partial charge in [0.15, 0.2) is 0 Å². The minimum atomic E-state index is -0.533. The van der Waals surface area contributed by atoms with Gasteiger partial charge in [-0.25, -0.2) is 4.98 Å². The first-order valence-electron chi connectivity index (χ1n) is 8.90. The zero-order valence-electron chi connectivity index (χ0n) is 16.0. The van der Waals surface area contributed by atoms with Crippen molar-refractivity contribution < 1.29 is 14.3 Å². The first kappa shape index (κ1) is 19.9. The highest BCUT2D eigenvalue weighted by Crippen LogP contribution is 2.22. The van der Waals surface area contributed by atoms with Crippen LogP contribution in [-0.4, -0.2) is 27.8 Å². The number of aromatic nitrogens is 2. The summed E-state index contributed by atoms with van der Waals surface area (Å²) in [5.74, 6) is -0.852. The van der Waals surface area contributed by atoms with Crippen molar-refractivity contribution in [3.8, 4) is 0 Å². The molecule has 7 heteroatoms. The molecule has 0 fully saturated rings. The van der Waals surface area contributed by atoms with Crippen molar-refractivity contribution in [1.29, 1.82) is 0 Å². The maximum absolute atomic E-state index is 12.2. The summed E-state index contributed by atoms with van der Waals surface area (Å²) in [6.07, 6.45) is 3.46. The largest absolute Gasteiger partial charge is 0.458 e. The van der Waals surface area contributed by atoms with Crippen LogP contribution in [0.2, 0.25) is 5.02 Å². The van der Waals surface area contributed by atoms with Crippen molar-refractivity contribution in [2.24, 2.45) is 0 Å². The summed E-state index contributed by atoms with van der Waals surface area (Å²) in [5, 5.41) is 3.16. The van der Waals surface area contributed by atoms with Gasteiger partial charge in [0, 0.05) is 18.0 Å². The van der Waals surface area contributed by atoms with Crippen LogP contribution in [-0.2, 0) is 21.6 Å². The number of fused-ring (bicyclic) bond motifs is 1. The number of benzene rings is 1. The number of amides is 1. The minimum Gasteiger partial charge on any atom is -0.458 e. The van der Waals surface area contributed by atoms with Gasteiger partial charge in [-0.05, 0) is 35.2 Å². The van der Waals surface area contributed by atoms with Crippen LogP contribution < -0.4 is 5.32 Å². The van der Waals surface area contributed by atoms with E-state index in [1.807, 2.05) is 12.1 Å². The molecule has 0 spiro atoms.